The Kier molecular flexibility index (Phi) is 4.13. The van der Waals surface area contributed by atoms with Crippen LogP contribution in [0.4, 0.5) is 5.69 Å². The Morgan fingerprint density at radius 1 is 0.857 bits per heavy atom. The van der Waals surface area contributed by atoms with Gasteiger partial charge in [-0.25, -0.2) is 0 Å². The quantitative estimate of drug-likeness (QED) is 0.542. The summed E-state index contributed by atoms with van der Waals surface area (Å²) >= 11 is 0. The van der Waals surface area contributed by atoms with Crippen LogP contribution in [0.25, 0.3) is 10.8 Å². The molecule has 0 spiro atoms. The molecule has 0 atom stereocenters. The number of hydrogen-bond acceptors (Lipinski definition) is 2. The van der Waals surface area contributed by atoms with E-state index in [0.29, 0.717) is 0 Å². The van der Waals surface area contributed by atoms with Crippen molar-refractivity contribution in [2.45, 2.75) is 19.3 Å². The first-order valence-corrected chi connectivity index (χ1v) is 9.61. The first kappa shape index (κ1) is 16.7. The zero-order valence-corrected chi connectivity index (χ0v) is 15.5. The number of rotatable bonds is 4. The Morgan fingerprint density at radius 3 is 2.46 bits per heavy atom. The maximum Gasteiger partial charge on any atom is 0.256 e. The van der Waals surface area contributed by atoms with Crippen molar-refractivity contribution in [3.8, 4) is 0 Å². The maximum absolute atomic E-state index is 12.9. The van der Waals surface area contributed by atoms with Gasteiger partial charge in [0.15, 0.2) is 0 Å². The summed E-state index contributed by atoms with van der Waals surface area (Å²) in [7, 11) is 0. The minimum Gasteiger partial charge on any atom is -0.322 e. The molecule has 0 fully saturated rings. The van der Waals surface area contributed by atoms with Crippen LogP contribution in [0.5, 0.6) is 0 Å². The molecule has 3 nitrogen and oxygen atoms in total. The summed E-state index contributed by atoms with van der Waals surface area (Å²) in [6.45, 7) is 0. The number of hydrogen-bond donors (Lipinski definition) is 1. The highest BCUT2D eigenvalue weighted by atomic mass is 16.1. The lowest BCUT2D eigenvalue weighted by atomic mass is 9.99. The van der Waals surface area contributed by atoms with Crippen LogP contribution in [-0.4, -0.2) is 10.9 Å². The Labute approximate surface area is 164 Å². The van der Waals surface area contributed by atoms with E-state index < -0.39 is 0 Å². The minimum atomic E-state index is -0.0620. The Morgan fingerprint density at radius 2 is 1.68 bits per heavy atom. The molecule has 3 aromatic carbocycles. The van der Waals surface area contributed by atoms with Crippen LogP contribution in [0.15, 0.2) is 79.0 Å². The molecule has 1 N–H and O–H groups in total. The summed E-state index contributed by atoms with van der Waals surface area (Å²) in [5, 5.41) is 5.36. The summed E-state index contributed by atoms with van der Waals surface area (Å²) in [6, 6.07) is 24.3. The van der Waals surface area contributed by atoms with Crippen LogP contribution in [0.3, 0.4) is 0 Å². The first-order valence-electron chi connectivity index (χ1n) is 9.61. The lowest BCUT2D eigenvalue weighted by molar-refractivity contribution is 0.102. The average molecular weight is 364 g/mol. The van der Waals surface area contributed by atoms with Gasteiger partial charge in [0, 0.05) is 29.6 Å². The third-order valence-corrected chi connectivity index (χ3v) is 5.44. The van der Waals surface area contributed by atoms with Crippen molar-refractivity contribution in [2.24, 2.45) is 0 Å². The Bertz CT molecular complexity index is 1150. The number of carbonyl (C=O) groups is 1. The molecule has 0 unspecified atom stereocenters. The zero-order valence-electron chi connectivity index (χ0n) is 15.5. The topological polar surface area (TPSA) is 42.0 Å². The van der Waals surface area contributed by atoms with Gasteiger partial charge in [0.1, 0.15) is 0 Å². The van der Waals surface area contributed by atoms with Gasteiger partial charge in [-0.3, -0.25) is 9.78 Å². The third kappa shape index (κ3) is 3.05. The van der Waals surface area contributed by atoms with Crippen molar-refractivity contribution >= 4 is 22.4 Å². The number of nitrogens with one attached hydrogen (secondary N) is 1. The Balaban J connectivity index is 1.37. The number of pyridine rings is 1. The molecule has 0 aliphatic heterocycles. The van der Waals surface area contributed by atoms with Gasteiger partial charge in [0.05, 0.1) is 0 Å². The van der Waals surface area contributed by atoms with Gasteiger partial charge in [-0.2, -0.15) is 0 Å². The summed E-state index contributed by atoms with van der Waals surface area (Å²) in [4.78, 5) is 17.3. The Hall–Kier alpha value is -3.46. The van der Waals surface area contributed by atoms with Gasteiger partial charge in [-0.05, 0) is 70.6 Å². The lowest BCUT2D eigenvalue weighted by Crippen LogP contribution is -2.12. The monoisotopic (exact) mass is 364 g/mol. The van der Waals surface area contributed by atoms with Gasteiger partial charge in [-0.15, -0.1) is 0 Å². The summed E-state index contributed by atoms with van der Waals surface area (Å²) < 4.78 is 0. The smallest absolute Gasteiger partial charge is 0.256 e. The normalized spacial score (nSPS) is 12.3. The number of nitrogens with zero attached hydrogens (tertiary/aromatic N) is 1. The van der Waals surface area contributed by atoms with Crippen molar-refractivity contribution in [1.29, 1.82) is 0 Å². The van der Waals surface area contributed by atoms with Gasteiger partial charge in [0.2, 0.25) is 0 Å². The predicted octanol–water partition coefficient (Wildman–Crippen LogP) is 5.18. The standard InChI is InChI=1S/C25H20N2O/c28-25(23-14-11-19-10-9-18-4-3-6-22(23)24(18)19)27-20-12-7-17(8-13-20)16-21-5-1-2-15-26-21/h1-8,11-15H,9-10,16H2,(H,27,28). The highest BCUT2D eigenvalue weighted by Gasteiger charge is 2.18. The van der Waals surface area contributed by atoms with Crippen molar-refractivity contribution in [3.63, 3.8) is 0 Å². The highest BCUT2D eigenvalue weighted by Crippen LogP contribution is 2.33. The molecule has 1 aromatic heterocycles. The molecule has 0 bridgehead atoms. The minimum absolute atomic E-state index is 0.0620. The number of carbonyl (C=O) groups excluding carboxylic acids is 1. The first-order chi connectivity index (χ1) is 13.8. The fourth-order valence-corrected chi connectivity index (χ4v) is 4.06. The maximum atomic E-state index is 12.9. The van der Waals surface area contributed by atoms with E-state index in [2.05, 4.69) is 34.6 Å². The van der Waals surface area contributed by atoms with Crippen molar-refractivity contribution < 1.29 is 4.79 Å². The van der Waals surface area contributed by atoms with Crippen LogP contribution < -0.4 is 5.32 Å². The molecule has 0 saturated carbocycles. The molecule has 4 aromatic rings. The molecule has 0 radical (unpaired) electrons. The van der Waals surface area contributed by atoms with E-state index in [0.717, 1.165) is 41.6 Å². The fraction of sp³-hybridized carbons (Fsp3) is 0.120. The van der Waals surface area contributed by atoms with Gasteiger partial charge in [-0.1, -0.05) is 42.5 Å². The van der Waals surface area contributed by atoms with E-state index in [-0.39, 0.29) is 5.91 Å². The summed E-state index contributed by atoms with van der Waals surface area (Å²) in [5.41, 5.74) is 6.44. The van der Waals surface area contributed by atoms with Crippen LogP contribution >= 0.6 is 0 Å². The SMILES string of the molecule is O=C(Nc1ccc(Cc2ccccn2)cc1)c1ccc2c3c(cccc13)CC2. The molecule has 136 valence electrons. The van der Waals surface area contributed by atoms with Crippen molar-refractivity contribution in [3.05, 3.63) is 107 Å². The number of aromatic nitrogens is 1. The van der Waals surface area contributed by atoms with Gasteiger partial charge < -0.3 is 5.32 Å². The highest BCUT2D eigenvalue weighted by molar-refractivity contribution is 6.14. The van der Waals surface area contributed by atoms with E-state index in [4.69, 9.17) is 0 Å². The molecule has 1 aliphatic rings. The zero-order chi connectivity index (χ0) is 18.9. The van der Waals surface area contributed by atoms with Crippen LogP contribution in [-0.2, 0) is 19.3 Å². The molecule has 28 heavy (non-hydrogen) atoms. The van der Waals surface area contributed by atoms with E-state index in [9.17, 15) is 4.79 Å². The molecule has 1 aliphatic carbocycles. The fourth-order valence-electron chi connectivity index (χ4n) is 4.06. The summed E-state index contributed by atoms with van der Waals surface area (Å²) in [6.07, 6.45) is 4.72. The van der Waals surface area contributed by atoms with Crippen molar-refractivity contribution in [2.75, 3.05) is 5.32 Å². The second-order valence-corrected chi connectivity index (χ2v) is 7.26. The molecule has 3 heteroatoms. The van der Waals surface area contributed by atoms with Crippen LogP contribution in [0.2, 0.25) is 0 Å². The number of anilines is 1. The van der Waals surface area contributed by atoms with Gasteiger partial charge >= 0.3 is 0 Å². The van der Waals surface area contributed by atoms with Crippen molar-refractivity contribution in [1.82, 2.24) is 4.98 Å². The van der Waals surface area contributed by atoms with E-state index in [1.165, 1.54) is 22.1 Å². The average Bonchev–Trinajstić information content (AvgIpc) is 3.15. The molecule has 5 rings (SSSR count). The predicted molar refractivity (Wildman–Crippen MR) is 113 cm³/mol. The number of benzene rings is 3. The molecule has 0 saturated heterocycles. The second kappa shape index (κ2) is 6.93. The lowest BCUT2D eigenvalue weighted by Gasteiger charge is -2.10. The molecule has 1 amide bonds. The van der Waals surface area contributed by atoms with E-state index >= 15 is 0 Å². The largest absolute Gasteiger partial charge is 0.322 e. The number of aryl methyl sites for hydroxylation is 2. The van der Waals surface area contributed by atoms with Crippen LogP contribution in [0, 0.1) is 0 Å². The molecular weight excluding hydrogens is 344 g/mol. The summed E-state index contributed by atoms with van der Waals surface area (Å²) in [5.74, 6) is -0.0620. The third-order valence-electron chi connectivity index (χ3n) is 5.44. The number of amides is 1. The van der Waals surface area contributed by atoms with E-state index in [1.54, 1.807) is 0 Å². The molecule has 1 heterocycles. The second-order valence-electron chi connectivity index (χ2n) is 7.26. The van der Waals surface area contributed by atoms with Gasteiger partial charge in [0.25, 0.3) is 5.91 Å². The van der Waals surface area contributed by atoms with E-state index in [1.807, 2.05) is 54.7 Å². The van der Waals surface area contributed by atoms with Crippen LogP contribution in [0.1, 0.15) is 32.7 Å². The molecular formula is C25H20N2O.